The lowest BCUT2D eigenvalue weighted by molar-refractivity contribution is 0.607. The number of sulfonamides is 1. The van der Waals surface area contributed by atoms with Crippen LogP contribution in [0, 0.1) is 0 Å². The molecule has 1 saturated carbocycles. The highest BCUT2D eigenvalue weighted by Crippen LogP contribution is 2.42. The molecular formula is C22H20N4O2S. The average molecular weight is 404 g/mol. The summed E-state index contributed by atoms with van der Waals surface area (Å²) in [6.07, 6.45) is 6.95. The summed E-state index contributed by atoms with van der Waals surface area (Å²) < 4.78 is 26.0. The van der Waals surface area contributed by atoms with Crippen LogP contribution in [0.1, 0.15) is 24.3 Å². The van der Waals surface area contributed by atoms with Crippen molar-refractivity contribution >= 4 is 26.6 Å². The Labute approximate surface area is 169 Å². The first-order valence-corrected chi connectivity index (χ1v) is 11.4. The van der Waals surface area contributed by atoms with Crippen LogP contribution in [0.5, 0.6) is 0 Å². The van der Waals surface area contributed by atoms with Crippen LogP contribution in [0.4, 0.5) is 5.69 Å². The summed E-state index contributed by atoms with van der Waals surface area (Å²) in [7, 11) is -3.39. The number of aromatic nitrogens is 3. The van der Waals surface area contributed by atoms with Crippen LogP contribution in [0.3, 0.4) is 0 Å². The lowest BCUT2D eigenvalue weighted by atomic mass is 9.96. The predicted molar refractivity (Wildman–Crippen MR) is 115 cm³/mol. The molecule has 0 spiro atoms. The quantitative estimate of drug-likeness (QED) is 0.511. The van der Waals surface area contributed by atoms with E-state index in [1.807, 2.05) is 24.3 Å². The van der Waals surface area contributed by atoms with Crippen molar-refractivity contribution in [3.05, 3.63) is 66.5 Å². The Morgan fingerprint density at radius 2 is 1.90 bits per heavy atom. The maximum absolute atomic E-state index is 11.7. The average Bonchev–Trinajstić information content (AvgIpc) is 3.44. The molecule has 0 unspecified atom stereocenters. The molecule has 0 radical (unpaired) electrons. The Kier molecular flexibility index (Phi) is 4.13. The van der Waals surface area contributed by atoms with E-state index in [0.29, 0.717) is 11.6 Å². The largest absolute Gasteiger partial charge is 0.282 e. The zero-order valence-electron chi connectivity index (χ0n) is 15.9. The number of anilines is 1. The van der Waals surface area contributed by atoms with Gasteiger partial charge in [0.05, 0.1) is 35.5 Å². The Balaban J connectivity index is 1.68. The fourth-order valence-corrected chi connectivity index (χ4v) is 4.19. The molecule has 0 bridgehead atoms. The van der Waals surface area contributed by atoms with Crippen molar-refractivity contribution in [3.8, 4) is 22.4 Å². The van der Waals surface area contributed by atoms with Gasteiger partial charge >= 0.3 is 0 Å². The molecule has 0 amide bonds. The standard InChI is InChI=1S/C22H20N4O2S/c1-29(27,28)26-19-11-20(16-7-8-21-18(10-16)12-24-25-21)22(23-13-19)17-4-2-3-15(9-17)14-5-6-14/h2-4,7-14,26H,5-6H2,1H3,(H,24,25). The molecule has 0 saturated heterocycles. The van der Waals surface area contributed by atoms with Crippen molar-refractivity contribution in [2.75, 3.05) is 11.0 Å². The van der Waals surface area contributed by atoms with Crippen LogP contribution in [-0.2, 0) is 10.0 Å². The van der Waals surface area contributed by atoms with Gasteiger partial charge in [-0.2, -0.15) is 5.10 Å². The summed E-state index contributed by atoms with van der Waals surface area (Å²) in [6, 6.07) is 16.3. The molecule has 0 atom stereocenters. The third kappa shape index (κ3) is 3.73. The molecular weight excluding hydrogens is 384 g/mol. The second-order valence-electron chi connectivity index (χ2n) is 7.57. The maximum atomic E-state index is 11.7. The van der Waals surface area contributed by atoms with Gasteiger partial charge in [-0.1, -0.05) is 24.3 Å². The number of nitrogens with one attached hydrogen (secondary N) is 2. The monoisotopic (exact) mass is 404 g/mol. The molecule has 7 heteroatoms. The topological polar surface area (TPSA) is 87.7 Å². The van der Waals surface area contributed by atoms with Crippen molar-refractivity contribution in [1.82, 2.24) is 15.2 Å². The summed E-state index contributed by atoms with van der Waals surface area (Å²) in [6.45, 7) is 0. The lowest BCUT2D eigenvalue weighted by Crippen LogP contribution is -2.10. The smallest absolute Gasteiger partial charge is 0.229 e. The molecule has 146 valence electrons. The van der Waals surface area contributed by atoms with Crippen LogP contribution >= 0.6 is 0 Å². The van der Waals surface area contributed by atoms with Gasteiger partial charge in [-0.15, -0.1) is 0 Å². The van der Waals surface area contributed by atoms with E-state index in [0.717, 1.165) is 39.5 Å². The van der Waals surface area contributed by atoms with Gasteiger partial charge in [0, 0.05) is 16.5 Å². The Hall–Kier alpha value is -3.19. The minimum Gasteiger partial charge on any atom is -0.282 e. The fraction of sp³-hybridized carbons (Fsp3) is 0.182. The predicted octanol–water partition coefficient (Wildman–Crippen LogP) is 4.54. The van der Waals surface area contributed by atoms with E-state index in [-0.39, 0.29) is 0 Å². The highest BCUT2D eigenvalue weighted by atomic mass is 32.2. The molecule has 2 N–H and O–H groups in total. The molecule has 6 nitrogen and oxygen atoms in total. The SMILES string of the molecule is CS(=O)(=O)Nc1cnc(-c2cccc(C3CC3)c2)c(-c2ccc3[nH]ncc3c2)c1. The summed E-state index contributed by atoms with van der Waals surface area (Å²) >= 11 is 0. The van der Waals surface area contributed by atoms with Crippen molar-refractivity contribution in [2.24, 2.45) is 0 Å². The maximum Gasteiger partial charge on any atom is 0.229 e. The number of H-pyrrole nitrogens is 1. The van der Waals surface area contributed by atoms with Gasteiger partial charge in [0.2, 0.25) is 10.0 Å². The van der Waals surface area contributed by atoms with Gasteiger partial charge in [-0.05, 0) is 54.2 Å². The number of hydrogen-bond donors (Lipinski definition) is 2. The minimum atomic E-state index is -3.39. The van der Waals surface area contributed by atoms with E-state index < -0.39 is 10.0 Å². The Bertz CT molecular complexity index is 1320. The summed E-state index contributed by atoms with van der Waals surface area (Å²) in [5, 5.41) is 8.03. The number of nitrogens with zero attached hydrogens (tertiary/aromatic N) is 2. The first-order valence-electron chi connectivity index (χ1n) is 9.48. The second-order valence-corrected chi connectivity index (χ2v) is 9.31. The van der Waals surface area contributed by atoms with E-state index in [1.165, 1.54) is 18.4 Å². The molecule has 2 aromatic heterocycles. The van der Waals surface area contributed by atoms with Crippen molar-refractivity contribution in [2.45, 2.75) is 18.8 Å². The Morgan fingerprint density at radius 1 is 1.03 bits per heavy atom. The Morgan fingerprint density at radius 3 is 2.69 bits per heavy atom. The van der Waals surface area contributed by atoms with Crippen LogP contribution in [-0.4, -0.2) is 29.9 Å². The van der Waals surface area contributed by atoms with E-state index in [4.69, 9.17) is 0 Å². The van der Waals surface area contributed by atoms with E-state index in [2.05, 4.69) is 44.2 Å². The van der Waals surface area contributed by atoms with Gasteiger partial charge in [0.25, 0.3) is 0 Å². The summed E-state index contributed by atoms with van der Waals surface area (Å²) in [5.74, 6) is 0.645. The molecule has 4 aromatic rings. The van der Waals surface area contributed by atoms with Gasteiger partial charge < -0.3 is 0 Å². The lowest BCUT2D eigenvalue weighted by Gasteiger charge is -2.13. The van der Waals surface area contributed by atoms with E-state index >= 15 is 0 Å². The van der Waals surface area contributed by atoms with Crippen LogP contribution in [0.15, 0.2) is 60.9 Å². The molecule has 1 fully saturated rings. The molecule has 1 aliphatic carbocycles. The zero-order valence-corrected chi connectivity index (χ0v) is 16.7. The molecule has 2 aromatic carbocycles. The van der Waals surface area contributed by atoms with Crippen LogP contribution in [0.2, 0.25) is 0 Å². The number of rotatable bonds is 5. The highest BCUT2D eigenvalue weighted by molar-refractivity contribution is 7.92. The van der Waals surface area contributed by atoms with Crippen molar-refractivity contribution in [1.29, 1.82) is 0 Å². The number of pyridine rings is 1. The van der Waals surface area contributed by atoms with Gasteiger partial charge in [0.1, 0.15) is 0 Å². The molecule has 29 heavy (non-hydrogen) atoms. The molecule has 1 aliphatic rings. The number of benzene rings is 2. The van der Waals surface area contributed by atoms with Crippen LogP contribution < -0.4 is 4.72 Å². The molecule has 2 heterocycles. The summed E-state index contributed by atoms with van der Waals surface area (Å²) in [4.78, 5) is 4.65. The highest BCUT2D eigenvalue weighted by Gasteiger charge is 2.24. The normalized spacial score (nSPS) is 14.2. The van der Waals surface area contributed by atoms with E-state index in [9.17, 15) is 8.42 Å². The number of aromatic amines is 1. The third-order valence-corrected chi connectivity index (χ3v) is 5.76. The van der Waals surface area contributed by atoms with Gasteiger partial charge in [-0.3, -0.25) is 14.8 Å². The van der Waals surface area contributed by atoms with Crippen LogP contribution in [0.25, 0.3) is 33.3 Å². The second kappa shape index (κ2) is 6.70. The fourth-order valence-electron chi connectivity index (χ4n) is 3.65. The van der Waals surface area contributed by atoms with E-state index in [1.54, 1.807) is 12.4 Å². The zero-order chi connectivity index (χ0) is 20.0. The van der Waals surface area contributed by atoms with Gasteiger partial charge in [0.15, 0.2) is 0 Å². The first-order chi connectivity index (χ1) is 14.0. The minimum absolute atomic E-state index is 0.442. The van der Waals surface area contributed by atoms with Gasteiger partial charge in [-0.25, -0.2) is 8.42 Å². The molecule has 5 rings (SSSR count). The molecule has 0 aliphatic heterocycles. The van der Waals surface area contributed by atoms with Crippen molar-refractivity contribution < 1.29 is 8.42 Å². The number of hydrogen-bond acceptors (Lipinski definition) is 4. The van der Waals surface area contributed by atoms with Crippen molar-refractivity contribution in [3.63, 3.8) is 0 Å². The summed E-state index contributed by atoms with van der Waals surface area (Å²) in [5.41, 5.74) is 6.40. The number of fused-ring (bicyclic) bond motifs is 1. The third-order valence-electron chi connectivity index (χ3n) is 5.15. The first kappa shape index (κ1) is 17.9.